The zero-order valence-corrected chi connectivity index (χ0v) is 19.5. The molecule has 3 heterocycles. The lowest BCUT2D eigenvalue weighted by Gasteiger charge is -2.05. The number of rotatable bonds is 6. The molecule has 10 heteroatoms. The monoisotopic (exact) mass is 483 g/mol. The van der Waals surface area contributed by atoms with Gasteiger partial charge >= 0.3 is 5.97 Å². The maximum Gasteiger partial charge on any atom is 0.349 e. The largest absolute Gasteiger partial charge is 0.459 e. The van der Waals surface area contributed by atoms with Crippen LogP contribution in [0.15, 0.2) is 28.9 Å². The Kier molecular flexibility index (Phi) is 6.91. The van der Waals surface area contributed by atoms with E-state index >= 15 is 0 Å². The third kappa shape index (κ3) is 5.16. The molecule has 0 bridgehead atoms. The molecule has 2 N–H and O–H groups in total. The third-order valence-electron chi connectivity index (χ3n) is 5.21. The number of aryl methyl sites for hydroxylation is 2. The summed E-state index contributed by atoms with van der Waals surface area (Å²) < 4.78 is 10.2. The zero-order valence-electron chi connectivity index (χ0n) is 17.9. The Morgan fingerprint density at radius 1 is 1.18 bits per heavy atom. The average Bonchev–Trinajstić information content (AvgIpc) is 3.48. The fraction of sp³-hybridized carbons (Fsp3) is 0.304. The molecule has 4 rings (SSSR count). The number of esters is 1. The van der Waals surface area contributed by atoms with Crippen LogP contribution in [0.3, 0.4) is 0 Å². The highest BCUT2D eigenvalue weighted by Crippen LogP contribution is 2.37. The van der Waals surface area contributed by atoms with E-state index in [4.69, 9.17) is 9.15 Å². The van der Waals surface area contributed by atoms with Crippen molar-refractivity contribution in [2.75, 3.05) is 17.2 Å². The molecular weight excluding hydrogens is 462 g/mol. The fourth-order valence-corrected chi connectivity index (χ4v) is 5.85. The molecule has 170 valence electrons. The number of nitrogens with one attached hydrogen (secondary N) is 2. The minimum absolute atomic E-state index is 0.157. The van der Waals surface area contributed by atoms with E-state index in [9.17, 15) is 19.6 Å². The molecule has 0 aliphatic heterocycles. The lowest BCUT2D eigenvalue weighted by atomic mass is 10.1. The zero-order chi connectivity index (χ0) is 23.4. The summed E-state index contributed by atoms with van der Waals surface area (Å²) in [4.78, 5) is 38.5. The maximum absolute atomic E-state index is 12.5. The highest BCUT2D eigenvalue weighted by Gasteiger charge is 2.22. The molecule has 33 heavy (non-hydrogen) atoms. The summed E-state index contributed by atoms with van der Waals surface area (Å²) in [6.07, 6.45) is 6.40. The first-order valence-corrected chi connectivity index (χ1v) is 12.1. The first-order valence-electron chi connectivity index (χ1n) is 10.4. The van der Waals surface area contributed by atoms with Gasteiger partial charge in [-0.2, -0.15) is 5.26 Å². The Balaban J connectivity index is 1.36. The first kappa shape index (κ1) is 22.8. The molecule has 0 atom stereocenters. The van der Waals surface area contributed by atoms with Gasteiger partial charge in [0.25, 0.3) is 11.8 Å². The van der Waals surface area contributed by atoms with Gasteiger partial charge in [0.1, 0.15) is 15.9 Å². The second-order valence-corrected chi connectivity index (χ2v) is 9.72. The second kappa shape index (κ2) is 10.0. The van der Waals surface area contributed by atoms with Gasteiger partial charge in [0, 0.05) is 4.88 Å². The van der Waals surface area contributed by atoms with Gasteiger partial charge < -0.3 is 19.8 Å². The number of carbonyl (C=O) groups excluding carboxylic acids is 3. The molecule has 3 aromatic rings. The number of carbonyl (C=O) groups is 3. The number of furan rings is 1. The van der Waals surface area contributed by atoms with Gasteiger partial charge in [-0.3, -0.25) is 9.59 Å². The van der Waals surface area contributed by atoms with Crippen molar-refractivity contribution in [3.8, 4) is 6.07 Å². The smallest absolute Gasteiger partial charge is 0.349 e. The van der Waals surface area contributed by atoms with Gasteiger partial charge in [-0.15, -0.1) is 22.7 Å². The lowest BCUT2D eigenvalue weighted by molar-refractivity contribution is -0.119. The maximum atomic E-state index is 12.5. The molecule has 1 aliphatic rings. The molecular formula is C23H21N3O5S2. The summed E-state index contributed by atoms with van der Waals surface area (Å²) >= 11 is 2.48. The van der Waals surface area contributed by atoms with Crippen LogP contribution in [0.1, 0.15) is 61.1 Å². The van der Waals surface area contributed by atoms with Crippen molar-refractivity contribution in [2.24, 2.45) is 0 Å². The van der Waals surface area contributed by atoms with Crippen LogP contribution in [0, 0.1) is 18.3 Å². The number of nitriles is 1. The summed E-state index contributed by atoms with van der Waals surface area (Å²) in [7, 11) is 0. The predicted molar refractivity (Wildman–Crippen MR) is 125 cm³/mol. The summed E-state index contributed by atoms with van der Waals surface area (Å²) in [5.41, 5.74) is 2.17. The Labute approximate surface area is 198 Å². The molecule has 0 fully saturated rings. The van der Waals surface area contributed by atoms with E-state index in [1.807, 2.05) is 0 Å². The van der Waals surface area contributed by atoms with Gasteiger partial charge in [-0.1, -0.05) is 6.42 Å². The SMILES string of the molecule is Cc1cc(NC(=O)c2ccco2)sc1C(=O)OCC(=O)Nc1sc2c(c1C#N)CCCCC2. The van der Waals surface area contributed by atoms with Crippen LogP contribution < -0.4 is 10.6 Å². The van der Waals surface area contributed by atoms with Crippen molar-refractivity contribution in [3.63, 3.8) is 0 Å². The fourth-order valence-electron chi connectivity index (χ4n) is 3.64. The molecule has 0 saturated heterocycles. The van der Waals surface area contributed by atoms with Crippen molar-refractivity contribution in [1.82, 2.24) is 0 Å². The minimum atomic E-state index is -0.659. The summed E-state index contributed by atoms with van der Waals surface area (Å²) in [6, 6.07) is 7.01. The Morgan fingerprint density at radius 3 is 2.76 bits per heavy atom. The quantitative estimate of drug-likeness (QED) is 0.380. The Bertz CT molecular complexity index is 1230. The van der Waals surface area contributed by atoms with Crippen LogP contribution in [-0.4, -0.2) is 24.4 Å². The number of amides is 2. The average molecular weight is 484 g/mol. The molecule has 0 saturated carbocycles. The van der Waals surface area contributed by atoms with E-state index < -0.39 is 24.4 Å². The molecule has 0 radical (unpaired) electrons. The topological polar surface area (TPSA) is 121 Å². The van der Waals surface area contributed by atoms with Crippen LogP contribution in [0.5, 0.6) is 0 Å². The van der Waals surface area contributed by atoms with Crippen molar-refractivity contribution < 1.29 is 23.5 Å². The van der Waals surface area contributed by atoms with E-state index in [0.717, 1.165) is 53.9 Å². The second-order valence-electron chi connectivity index (χ2n) is 7.56. The normalized spacial score (nSPS) is 12.8. The van der Waals surface area contributed by atoms with Crippen molar-refractivity contribution >= 4 is 50.5 Å². The van der Waals surface area contributed by atoms with Crippen LogP contribution >= 0.6 is 22.7 Å². The van der Waals surface area contributed by atoms with Crippen molar-refractivity contribution in [2.45, 2.75) is 39.0 Å². The number of thiophene rings is 2. The number of fused-ring (bicyclic) bond motifs is 1. The summed E-state index contributed by atoms with van der Waals surface area (Å²) in [5.74, 6) is -1.43. The number of ether oxygens (including phenoxy) is 1. The van der Waals surface area contributed by atoms with Gasteiger partial charge in [-0.25, -0.2) is 4.79 Å². The van der Waals surface area contributed by atoms with Gasteiger partial charge in [-0.05, 0) is 61.9 Å². The lowest BCUT2D eigenvalue weighted by Crippen LogP contribution is -2.20. The molecule has 1 aliphatic carbocycles. The van der Waals surface area contributed by atoms with Crippen molar-refractivity contribution in [3.05, 3.63) is 56.7 Å². The van der Waals surface area contributed by atoms with E-state index in [1.54, 1.807) is 19.1 Å². The van der Waals surface area contributed by atoms with Crippen molar-refractivity contribution in [1.29, 1.82) is 5.26 Å². The van der Waals surface area contributed by atoms with Gasteiger partial charge in [0.15, 0.2) is 12.4 Å². The van der Waals surface area contributed by atoms with Gasteiger partial charge in [0.2, 0.25) is 0 Å². The standard InChI is InChI=1S/C23H21N3O5S2/c1-13-10-19(26-21(28)16-7-5-9-30-16)33-20(13)23(29)31-12-18(27)25-22-15(11-24)14-6-3-2-4-8-17(14)32-22/h5,7,9-10H,2-4,6,8,12H2,1H3,(H,25,27)(H,26,28). The number of anilines is 2. The Morgan fingerprint density at radius 2 is 2.00 bits per heavy atom. The highest BCUT2D eigenvalue weighted by atomic mass is 32.1. The summed E-state index contributed by atoms with van der Waals surface area (Å²) in [6.45, 7) is 1.24. The van der Waals surface area contributed by atoms with Crippen LogP contribution in [-0.2, 0) is 22.4 Å². The third-order valence-corrected chi connectivity index (χ3v) is 7.55. The molecule has 0 spiro atoms. The van der Waals surface area contributed by atoms with E-state index in [0.29, 0.717) is 21.1 Å². The van der Waals surface area contributed by atoms with E-state index in [1.165, 1.54) is 23.7 Å². The number of hydrogen-bond acceptors (Lipinski definition) is 8. The molecule has 0 aromatic carbocycles. The van der Waals surface area contributed by atoms with E-state index in [2.05, 4.69) is 16.7 Å². The molecule has 8 nitrogen and oxygen atoms in total. The highest BCUT2D eigenvalue weighted by molar-refractivity contribution is 7.18. The number of nitrogens with zero attached hydrogens (tertiary/aromatic N) is 1. The Hall–Kier alpha value is -3.42. The summed E-state index contributed by atoms with van der Waals surface area (Å²) in [5, 5.41) is 15.9. The van der Waals surface area contributed by atoms with Crippen LogP contribution in [0.4, 0.5) is 10.0 Å². The van der Waals surface area contributed by atoms with E-state index in [-0.39, 0.29) is 10.6 Å². The van der Waals surface area contributed by atoms with Gasteiger partial charge in [0.05, 0.1) is 16.8 Å². The molecule has 2 amide bonds. The first-order chi connectivity index (χ1) is 16.0. The minimum Gasteiger partial charge on any atom is -0.459 e. The molecule has 0 unspecified atom stereocenters. The molecule has 3 aromatic heterocycles. The van der Waals surface area contributed by atoms with Crippen LogP contribution in [0.25, 0.3) is 0 Å². The number of hydrogen-bond donors (Lipinski definition) is 2. The predicted octanol–water partition coefficient (Wildman–Crippen LogP) is 4.90. The van der Waals surface area contributed by atoms with Crippen LogP contribution in [0.2, 0.25) is 0 Å².